The average Bonchev–Trinajstić information content (AvgIpc) is 2.39. The molecule has 0 unspecified atom stereocenters. The van der Waals surface area contributed by atoms with Gasteiger partial charge in [-0.3, -0.25) is 0 Å². The first-order valence-electron chi connectivity index (χ1n) is 4.15. The lowest BCUT2D eigenvalue weighted by Gasteiger charge is -2.26. The highest BCUT2D eigenvalue weighted by Crippen LogP contribution is 2.50. The maximum Gasteiger partial charge on any atom is 0.166 e. The zero-order valence-corrected chi connectivity index (χ0v) is 8.82. The minimum atomic E-state index is -0.303. The Labute approximate surface area is 81.1 Å². The number of allylic oxidation sites excluding steroid dienone is 1. The van der Waals surface area contributed by atoms with Crippen LogP contribution in [-0.4, -0.2) is 19.0 Å². The molecule has 0 aromatic rings. The van der Waals surface area contributed by atoms with Crippen molar-refractivity contribution in [1.29, 1.82) is 0 Å². The number of rotatable bonds is 2. The van der Waals surface area contributed by atoms with Crippen LogP contribution in [0.25, 0.3) is 0 Å². The highest BCUT2D eigenvalue weighted by molar-refractivity contribution is 9.11. The molecule has 0 aliphatic carbocycles. The number of hydrogen-bond acceptors (Lipinski definition) is 2. The van der Waals surface area contributed by atoms with E-state index < -0.39 is 0 Å². The Bertz CT molecular complexity index is 217. The SMILES string of the molecule is C=C(Br)CC12COC(C)(C1)OC2. The van der Waals surface area contributed by atoms with Gasteiger partial charge in [0.15, 0.2) is 5.79 Å². The Hall–Kier alpha value is 0.140. The van der Waals surface area contributed by atoms with Crippen molar-refractivity contribution >= 4 is 15.9 Å². The zero-order chi connectivity index (χ0) is 8.82. The van der Waals surface area contributed by atoms with E-state index in [0.29, 0.717) is 0 Å². The molecule has 0 saturated carbocycles. The minimum absolute atomic E-state index is 0.204. The van der Waals surface area contributed by atoms with Crippen LogP contribution in [0.15, 0.2) is 11.1 Å². The van der Waals surface area contributed by atoms with E-state index in [1.54, 1.807) is 0 Å². The standard InChI is InChI=1S/C9H13BrO2/c1-7(10)3-9-4-8(2,11-5-9)12-6-9/h1,3-6H2,2H3. The summed E-state index contributed by atoms with van der Waals surface area (Å²) in [7, 11) is 0. The third-order valence-corrected chi connectivity index (χ3v) is 2.91. The van der Waals surface area contributed by atoms with Crippen molar-refractivity contribution in [3.05, 3.63) is 11.1 Å². The fourth-order valence-electron chi connectivity index (χ4n) is 2.15. The van der Waals surface area contributed by atoms with Crippen LogP contribution in [0.1, 0.15) is 19.8 Å². The number of fused-ring (bicyclic) bond motifs is 2. The van der Waals surface area contributed by atoms with Crippen molar-refractivity contribution in [2.24, 2.45) is 5.41 Å². The molecule has 68 valence electrons. The van der Waals surface area contributed by atoms with Gasteiger partial charge in [0.25, 0.3) is 0 Å². The quantitative estimate of drug-likeness (QED) is 0.729. The van der Waals surface area contributed by atoms with Crippen LogP contribution in [0, 0.1) is 5.41 Å². The van der Waals surface area contributed by atoms with E-state index in [4.69, 9.17) is 9.47 Å². The van der Waals surface area contributed by atoms with Crippen molar-refractivity contribution in [2.75, 3.05) is 13.2 Å². The Morgan fingerprint density at radius 3 is 2.42 bits per heavy atom. The van der Waals surface area contributed by atoms with Crippen LogP contribution in [0.4, 0.5) is 0 Å². The summed E-state index contributed by atoms with van der Waals surface area (Å²) in [4.78, 5) is 0. The Kier molecular flexibility index (Phi) is 1.86. The molecule has 2 saturated heterocycles. The third kappa shape index (κ3) is 1.34. The smallest absolute Gasteiger partial charge is 0.166 e. The fraction of sp³-hybridized carbons (Fsp3) is 0.778. The third-order valence-electron chi connectivity index (χ3n) is 2.63. The molecule has 0 spiro atoms. The molecule has 12 heavy (non-hydrogen) atoms. The summed E-state index contributed by atoms with van der Waals surface area (Å²) in [6.45, 7) is 7.50. The lowest BCUT2D eigenvalue weighted by atomic mass is 9.85. The van der Waals surface area contributed by atoms with E-state index in [1.165, 1.54) is 0 Å². The molecule has 0 N–H and O–H groups in total. The molecule has 0 aromatic carbocycles. The second-order valence-corrected chi connectivity index (χ2v) is 5.20. The molecule has 2 aliphatic heterocycles. The minimum Gasteiger partial charge on any atom is -0.350 e. The first-order chi connectivity index (χ1) is 5.54. The summed E-state index contributed by atoms with van der Waals surface area (Å²) >= 11 is 3.39. The van der Waals surface area contributed by atoms with Crippen LogP contribution >= 0.6 is 15.9 Å². The first kappa shape index (κ1) is 8.73. The molecule has 2 bridgehead atoms. The van der Waals surface area contributed by atoms with Crippen molar-refractivity contribution in [1.82, 2.24) is 0 Å². The van der Waals surface area contributed by atoms with Gasteiger partial charge in [-0.05, 0) is 17.8 Å². The van der Waals surface area contributed by atoms with E-state index in [0.717, 1.165) is 30.5 Å². The summed E-state index contributed by atoms with van der Waals surface area (Å²) in [6.07, 6.45) is 1.97. The fourth-order valence-corrected chi connectivity index (χ4v) is 2.75. The van der Waals surface area contributed by atoms with Gasteiger partial charge >= 0.3 is 0 Å². The Morgan fingerprint density at radius 1 is 1.50 bits per heavy atom. The molecule has 0 atom stereocenters. The van der Waals surface area contributed by atoms with Gasteiger partial charge in [0.2, 0.25) is 0 Å². The van der Waals surface area contributed by atoms with E-state index in [-0.39, 0.29) is 11.2 Å². The average molecular weight is 233 g/mol. The van der Waals surface area contributed by atoms with Gasteiger partial charge in [-0.2, -0.15) is 0 Å². The maximum atomic E-state index is 5.56. The molecular formula is C9H13BrO2. The van der Waals surface area contributed by atoms with E-state index in [9.17, 15) is 0 Å². The van der Waals surface area contributed by atoms with Crippen molar-refractivity contribution in [3.63, 3.8) is 0 Å². The molecule has 0 radical (unpaired) electrons. The van der Waals surface area contributed by atoms with Crippen LogP contribution in [0.5, 0.6) is 0 Å². The van der Waals surface area contributed by atoms with Gasteiger partial charge in [0, 0.05) is 11.8 Å². The molecule has 2 rings (SSSR count). The normalized spacial score (nSPS) is 45.2. The van der Waals surface area contributed by atoms with E-state index in [1.807, 2.05) is 6.92 Å². The summed E-state index contributed by atoms with van der Waals surface area (Å²) in [5.74, 6) is -0.303. The lowest BCUT2D eigenvalue weighted by molar-refractivity contribution is -0.210. The summed E-state index contributed by atoms with van der Waals surface area (Å²) in [5.41, 5.74) is 0.204. The zero-order valence-electron chi connectivity index (χ0n) is 7.23. The predicted octanol–water partition coefficient (Wildman–Crippen LogP) is 2.44. The van der Waals surface area contributed by atoms with E-state index >= 15 is 0 Å². The Morgan fingerprint density at radius 2 is 2.08 bits per heavy atom. The first-order valence-corrected chi connectivity index (χ1v) is 4.94. The summed E-state index contributed by atoms with van der Waals surface area (Å²) in [6, 6.07) is 0. The summed E-state index contributed by atoms with van der Waals surface area (Å²) in [5, 5.41) is 0. The molecule has 2 fully saturated rings. The van der Waals surface area contributed by atoms with Gasteiger partial charge < -0.3 is 9.47 Å². The van der Waals surface area contributed by atoms with Crippen molar-refractivity contribution in [2.45, 2.75) is 25.6 Å². The molecule has 0 amide bonds. The summed E-state index contributed by atoms with van der Waals surface area (Å²) < 4.78 is 12.2. The van der Waals surface area contributed by atoms with Crippen LogP contribution in [0.3, 0.4) is 0 Å². The number of ether oxygens (including phenoxy) is 2. The van der Waals surface area contributed by atoms with Gasteiger partial charge in [-0.15, -0.1) is 0 Å². The van der Waals surface area contributed by atoms with Gasteiger partial charge in [-0.1, -0.05) is 22.5 Å². The molecule has 2 aliphatic rings. The van der Waals surface area contributed by atoms with Gasteiger partial charge in [0.05, 0.1) is 13.2 Å². The largest absolute Gasteiger partial charge is 0.350 e. The molecule has 0 aromatic heterocycles. The van der Waals surface area contributed by atoms with Crippen LogP contribution < -0.4 is 0 Å². The molecule has 3 heteroatoms. The van der Waals surface area contributed by atoms with Crippen LogP contribution in [0.2, 0.25) is 0 Å². The molecular weight excluding hydrogens is 220 g/mol. The number of halogens is 1. The lowest BCUT2D eigenvalue weighted by Crippen LogP contribution is -2.29. The number of hydrogen-bond donors (Lipinski definition) is 0. The monoisotopic (exact) mass is 232 g/mol. The van der Waals surface area contributed by atoms with Gasteiger partial charge in [0.1, 0.15) is 0 Å². The highest BCUT2D eigenvalue weighted by atomic mass is 79.9. The second-order valence-electron chi connectivity index (χ2n) is 4.08. The Balaban J connectivity index is 2.10. The van der Waals surface area contributed by atoms with Crippen molar-refractivity contribution < 1.29 is 9.47 Å². The van der Waals surface area contributed by atoms with E-state index in [2.05, 4.69) is 22.5 Å². The highest BCUT2D eigenvalue weighted by Gasteiger charge is 2.54. The predicted molar refractivity (Wildman–Crippen MR) is 50.0 cm³/mol. The van der Waals surface area contributed by atoms with Crippen LogP contribution in [-0.2, 0) is 9.47 Å². The topological polar surface area (TPSA) is 18.5 Å². The van der Waals surface area contributed by atoms with Gasteiger partial charge in [-0.25, -0.2) is 0 Å². The maximum absolute atomic E-state index is 5.56. The molecule has 2 heterocycles. The van der Waals surface area contributed by atoms with Crippen molar-refractivity contribution in [3.8, 4) is 0 Å². The second kappa shape index (κ2) is 2.56. The molecule has 2 nitrogen and oxygen atoms in total.